The van der Waals surface area contributed by atoms with E-state index in [2.05, 4.69) is 54.0 Å². The van der Waals surface area contributed by atoms with Gasteiger partial charge in [0.1, 0.15) is 5.02 Å². The number of aromatic amines is 1. The maximum atomic E-state index is 11.2. The normalized spacial score (nSPS) is 12.6. The van der Waals surface area contributed by atoms with Gasteiger partial charge >= 0.3 is 30.1 Å². The summed E-state index contributed by atoms with van der Waals surface area (Å²) in [7, 11) is 0. The molecule has 3 N–H and O–H groups in total. The molecule has 1 aliphatic rings. The molecule has 10 nitrogen and oxygen atoms in total. The molecule has 20 heteroatoms. The smallest absolute Gasteiger partial charge is 0.339 e. The number of Topliss-reactive ketones (excluding diaryl/α,β-unsaturated/α-hetero) is 2. The molecule has 4 aromatic rings. The number of alkyl halides is 9. The summed E-state index contributed by atoms with van der Waals surface area (Å²) >= 11 is 6.31. The molecule has 0 spiro atoms. The number of aldehydes is 1. The lowest BCUT2D eigenvalue weighted by Gasteiger charge is -2.13. The third kappa shape index (κ3) is 10.2. The van der Waals surface area contributed by atoms with Crippen molar-refractivity contribution in [3.8, 4) is 11.1 Å². The average molecular weight is 682 g/mol. The second-order valence-electron chi connectivity index (χ2n) is 8.89. The number of benzene rings is 1. The van der Waals surface area contributed by atoms with Crippen molar-refractivity contribution in [3.63, 3.8) is 0 Å². The Morgan fingerprint density at radius 1 is 0.826 bits per heavy atom. The minimum absolute atomic E-state index is 0.452. The van der Waals surface area contributed by atoms with Crippen LogP contribution in [0.3, 0.4) is 0 Å². The van der Waals surface area contributed by atoms with Crippen LogP contribution in [-0.4, -0.2) is 61.5 Å². The van der Waals surface area contributed by atoms with Crippen molar-refractivity contribution in [1.29, 1.82) is 0 Å². The van der Waals surface area contributed by atoms with Crippen LogP contribution in [0.15, 0.2) is 55.2 Å². The molecule has 46 heavy (non-hydrogen) atoms. The van der Waals surface area contributed by atoms with Crippen LogP contribution < -0.4 is 10.6 Å². The minimum atomic E-state index is -5.77. The molecule has 3 aromatic heterocycles. The van der Waals surface area contributed by atoms with Gasteiger partial charge in [0.05, 0.1) is 24.3 Å². The number of hydrogen-bond acceptors (Lipinski definition) is 9. The van der Waals surface area contributed by atoms with E-state index in [9.17, 15) is 49.1 Å². The topological polar surface area (TPSA) is 143 Å². The molecule has 1 aliphatic heterocycles. The first-order chi connectivity index (χ1) is 21.4. The number of halogens is 10. The van der Waals surface area contributed by atoms with Crippen LogP contribution in [-0.2, 0) is 27.2 Å². The third-order valence-corrected chi connectivity index (χ3v) is 5.79. The Morgan fingerprint density at radius 3 is 2.04 bits per heavy atom. The maximum Gasteiger partial charge on any atom is 0.458 e. The molecular formula is C26H17ClF9N7O3. The van der Waals surface area contributed by atoms with E-state index in [-0.39, 0.29) is 0 Å². The SMILES string of the molecule is Clc1cnc2nc1Nc1ccc(-c3cn[nH]c3)c(c1)CCc1cncc(c1)N2.O=C(C(=O)C(F)(F)F)C(F)(F)F.O=CC(F)(F)F. The molecule has 0 aliphatic carbocycles. The Kier molecular flexibility index (Phi) is 11.0. The van der Waals surface area contributed by atoms with Gasteiger partial charge in [-0.25, -0.2) is 4.98 Å². The van der Waals surface area contributed by atoms with Gasteiger partial charge in [-0.3, -0.25) is 24.5 Å². The van der Waals surface area contributed by atoms with Crippen LogP contribution in [0.25, 0.3) is 11.1 Å². The van der Waals surface area contributed by atoms with E-state index in [1.165, 1.54) is 5.56 Å². The Bertz CT molecular complexity index is 1670. The quantitative estimate of drug-likeness (QED) is 0.123. The molecule has 4 heterocycles. The maximum absolute atomic E-state index is 11.2. The lowest BCUT2D eigenvalue weighted by Crippen LogP contribution is -2.39. The lowest BCUT2D eigenvalue weighted by atomic mass is 9.96. The van der Waals surface area contributed by atoms with E-state index in [1.54, 1.807) is 12.4 Å². The molecule has 0 fully saturated rings. The number of carbonyl (C=O) groups is 3. The molecule has 1 aromatic carbocycles. The van der Waals surface area contributed by atoms with Gasteiger partial charge < -0.3 is 10.6 Å². The van der Waals surface area contributed by atoms with Gasteiger partial charge in [-0.1, -0.05) is 17.7 Å². The number of ketones is 2. The summed E-state index contributed by atoms with van der Waals surface area (Å²) in [6.45, 7) is 0. The molecular weight excluding hydrogens is 665 g/mol. The highest BCUT2D eigenvalue weighted by molar-refractivity contribution is 6.41. The van der Waals surface area contributed by atoms with E-state index in [0.717, 1.165) is 40.9 Å². The number of fused-ring (bicyclic) bond motifs is 6. The molecule has 6 bridgehead atoms. The number of rotatable bonds is 2. The fourth-order valence-electron chi connectivity index (χ4n) is 3.57. The summed E-state index contributed by atoms with van der Waals surface area (Å²) in [4.78, 5) is 41.0. The number of anilines is 4. The Balaban J connectivity index is 0.000000267. The largest absolute Gasteiger partial charge is 0.458 e. The first kappa shape index (κ1) is 35.4. The van der Waals surface area contributed by atoms with Gasteiger partial charge in [-0.2, -0.15) is 49.6 Å². The second kappa shape index (κ2) is 14.4. The molecule has 0 saturated carbocycles. The number of aryl methyl sites for hydroxylation is 2. The Labute approximate surface area is 256 Å². The van der Waals surface area contributed by atoms with Crippen molar-refractivity contribution in [2.24, 2.45) is 0 Å². The Hall–Kier alpha value is -5.07. The van der Waals surface area contributed by atoms with E-state index < -0.39 is 36.4 Å². The first-order valence-corrected chi connectivity index (χ1v) is 12.6. The highest BCUT2D eigenvalue weighted by Crippen LogP contribution is 2.31. The van der Waals surface area contributed by atoms with Crippen LogP contribution >= 0.6 is 11.6 Å². The van der Waals surface area contributed by atoms with Gasteiger partial charge in [0.25, 0.3) is 0 Å². The first-order valence-electron chi connectivity index (χ1n) is 12.3. The van der Waals surface area contributed by atoms with Gasteiger partial charge in [0.2, 0.25) is 12.2 Å². The zero-order valence-corrected chi connectivity index (χ0v) is 23.2. The summed E-state index contributed by atoms with van der Waals surface area (Å²) in [5.74, 6) is -5.81. The molecule has 0 unspecified atom stereocenters. The van der Waals surface area contributed by atoms with Gasteiger partial charge in [-0.15, -0.1) is 0 Å². The molecule has 0 atom stereocenters. The third-order valence-electron chi connectivity index (χ3n) is 5.51. The zero-order valence-electron chi connectivity index (χ0n) is 22.5. The zero-order chi connectivity index (χ0) is 34.3. The standard InChI is InChI=1S/C20H16ClN7.C4F6O2.C2HF3O/c21-18-11-23-20-27-16-5-12(7-22-10-16)1-2-13-6-15(26-19(18)28-20)3-4-17(13)14-8-24-25-9-14;5-3(6,7)1(11)2(12)4(8,9)10;3-2(4,5)1-6/h3-11H,1-2H2,(H,24,25)(H2,23,26,27,28);;1H. The molecule has 5 rings (SSSR count). The number of hydrogen-bond donors (Lipinski definition) is 3. The average Bonchev–Trinajstić information content (AvgIpc) is 3.51. The number of nitrogens with zero attached hydrogens (tertiary/aromatic N) is 4. The van der Waals surface area contributed by atoms with Crippen LogP contribution in [0, 0.1) is 0 Å². The van der Waals surface area contributed by atoms with Crippen LogP contribution in [0.1, 0.15) is 11.1 Å². The lowest BCUT2D eigenvalue weighted by molar-refractivity contribution is -0.193. The number of carbonyl (C=O) groups excluding carboxylic acids is 3. The monoisotopic (exact) mass is 681 g/mol. The van der Waals surface area contributed by atoms with Crippen molar-refractivity contribution in [1.82, 2.24) is 25.1 Å². The number of nitrogens with one attached hydrogen (secondary N) is 3. The van der Waals surface area contributed by atoms with E-state index in [0.29, 0.717) is 16.8 Å². The Morgan fingerprint density at radius 2 is 1.48 bits per heavy atom. The van der Waals surface area contributed by atoms with Crippen LogP contribution in [0.4, 0.5) is 62.7 Å². The highest BCUT2D eigenvalue weighted by Gasteiger charge is 2.54. The summed E-state index contributed by atoms with van der Waals surface area (Å²) in [5.41, 5.74) is 6.29. The van der Waals surface area contributed by atoms with Crippen molar-refractivity contribution >= 4 is 52.6 Å². The number of aromatic nitrogens is 5. The fourth-order valence-corrected chi connectivity index (χ4v) is 3.71. The fraction of sp³-hybridized carbons (Fsp3) is 0.192. The van der Waals surface area contributed by atoms with E-state index >= 15 is 0 Å². The molecule has 0 saturated heterocycles. The van der Waals surface area contributed by atoms with Gasteiger partial charge in [0.15, 0.2) is 5.82 Å². The predicted octanol–water partition coefficient (Wildman–Crippen LogP) is 6.50. The summed E-state index contributed by atoms with van der Waals surface area (Å²) in [6.07, 6.45) is -6.57. The highest BCUT2D eigenvalue weighted by atomic mass is 35.5. The van der Waals surface area contributed by atoms with Gasteiger partial charge in [-0.05, 0) is 47.7 Å². The summed E-state index contributed by atoms with van der Waals surface area (Å²) in [5, 5.41) is 13.9. The van der Waals surface area contributed by atoms with Crippen molar-refractivity contribution in [2.75, 3.05) is 10.6 Å². The van der Waals surface area contributed by atoms with Crippen molar-refractivity contribution in [2.45, 2.75) is 31.4 Å². The van der Waals surface area contributed by atoms with Crippen molar-refractivity contribution < 1.29 is 53.9 Å². The number of pyridine rings is 1. The van der Waals surface area contributed by atoms with Crippen LogP contribution in [0.5, 0.6) is 0 Å². The molecule has 244 valence electrons. The molecule has 0 radical (unpaired) electrons. The number of H-pyrrole nitrogens is 1. The minimum Gasteiger partial charge on any atom is -0.339 e. The predicted molar refractivity (Wildman–Crippen MR) is 144 cm³/mol. The molecule has 0 amide bonds. The second-order valence-corrected chi connectivity index (χ2v) is 9.30. The summed E-state index contributed by atoms with van der Waals surface area (Å²) in [6, 6.07) is 8.30. The van der Waals surface area contributed by atoms with Crippen LogP contribution in [0.2, 0.25) is 5.02 Å². The van der Waals surface area contributed by atoms with E-state index in [4.69, 9.17) is 16.4 Å². The van der Waals surface area contributed by atoms with Gasteiger partial charge in [0, 0.05) is 23.6 Å². The summed E-state index contributed by atoms with van der Waals surface area (Å²) < 4.78 is 98.2. The van der Waals surface area contributed by atoms with Crippen molar-refractivity contribution in [3.05, 3.63) is 71.4 Å². The van der Waals surface area contributed by atoms with E-state index in [1.807, 2.05) is 24.7 Å².